The summed E-state index contributed by atoms with van der Waals surface area (Å²) >= 11 is 6.18. The van der Waals surface area contributed by atoms with Gasteiger partial charge in [-0.05, 0) is 30.7 Å². The fraction of sp³-hybridized carbons (Fsp3) is 0.333. The second-order valence-corrected chi connectivity index (χ2v) is 5.31. The molecule has 104 valence electrons. The van der Waals surface area contributed by atoms with Crippen molar-refractivity contribution in [1.82, 2.24) is 9.97 Å². The lowest BCUT2D eigenvalue weighted by Crippen LogP contribution is -2.23. The van der Waals surface area contributed by atoms with Crippen molar-refractivity contribution in [1.29, 1.82) is 0 Å². The molecule has 0 radical (unpaired) electrons. The summed E-state index contributed by atoms with van der Waals surface area (Å²) in [5.41, 5.74) is 0. The number of ether oxygens (including phenoxy) is 1. The lowest BCUT2D eigenvalue weighted by atomic mass is 10.1. The first kappa shape index (κ1) is 13.2. The minimum atomic E-state index is 0.501. The summed E-state index contributed by atoms with van der Waals surface area (Å²) in [4.78, 5) is 10.6. The zero-order valence-corrected chi connectivity index (χ0v) is 11.8. The van der Waals surface area contributed by atoms with Gasteiger partial charge in [0.15, 0.2) is 0 Å². The summed E-state index contributed by atoms with van der Waals surface area (Å²) in [6.07, 6.45) is 6.36. The monoisotopic (exact) mass is 289 g/mol. The first-order valence-corrected chi connectivity index (χ1v) is 7.09. The van der Waals surface area contributed by atoms with Crippen LogP contribution in [0.2, 0.25) is 5.02 Å². The van der Waals surface area contributed by atoms with E-state index in [0.717, 1.165) is 31.1 Å². The van der Waals surface area contributed by atoms with E-state index in [-0.39, 0.29) is 0 Å². The van der Waals surface area contributed by atoms with Crippen molar-refractivity contribution in [2.45, 2.75) is 6.42 Å². The molecule has 3 heterocycles. The number of hydrogen-bond acceptors (Lipinski definition) is 4. The Morgan fingerprint density at radius 3 is 2.90 bits per heavy atom. The Morgan fingerprint density at radius 1 is 1.25 bits per heavy atom. The molecule has 1 atom stereocenters. The highest BCUT2D eigenvalue weighted by atomic mass is 35.5. The SMILES string of the molecule is Clc1cccnc1N1CCC(COc2ccncc2)C1. The quantitative estimate of drug-likeness (QED) is 0.867. The molecule has 1 aliphatic rings. The molecule has 2 aromatic heterocycles. The van der Waals surface area contributed by atoms with Gasteiger partial charge in [-0.25, -0.2) is 4.98 Å². The summed E-state index contributed by atoms with van der Waals surface area (Å²) in [6.45, 7) is 2.62. The van der Waals surface area contributed by atoms with E-state index >= 15 is 0 Å². The second kappa shape index (κ2) is 6.09. The zero-order chi connectivity index (χ0) is 13.8. The van der Waals surface area contributed by atoms with Gasteiger partial charge in [-0.15, -0.1) is 0 Å². The third-order valence-electron chi connectivity index (χ3n) is 3.46. The molecule has 0 amide bonds. The van der Waals surface area contributed by atoms with Crippen LogP contribution in [-0.2, 0) is 0 Å². The second-order valence-electron chi connectivity index (χ2n) is 4.90. The molecular formula is C15H16ClN3O. The van der Waals surface area contributed by atoms with E-state index < -0.39 is 0 Å². The predicted molar refractivity (Wildman–Crippen MR) is 79.3 cm³/mol. The maximum Gasteiger partial charge on any atom is 0.147 e. The summed E-state index contributed by atoms with van der Waals surface area (Å²) in [5, 5.41) is 0.711. The molecule has 0 aliphatic carbocycles. The third kappa shape index (κ3) is 3.02. The zero-order valence-electron chi connectivity index (χ0n) is 11.1. The highest BCUT2D eigenvalue weighted by Gasteiger charge is 2.25. The maximum atomic E-state index is 6.18. The van der Waals surface area contributed by atoms with Gasteiger partial charge >= 0.3 is 0 Å². The molecule has 2 aromatic rings. The summed E-state index contributed by atoms with van der Waals surface area (Å²) in [6, 6.07) is 7.49. The predicted octanol–water partition coefficient (Wildman–Crippen LogP) is 3.04. The first-order valence-electron chi connectivity index (χ1n) is 6.71. The number of halogens is 1. The standard InChI is InChI=1S/C15H16ClN3O/c16-14-2-1-6-18-15(14)19-9-5-12(10-19)11-20-13-3-7-17-8-4-13/h1-4,6-8,12H,5,9-11H2. The Kier molecular flexibility index (Phi) is 4.02. The van der Waals surface area contributed by atoms with E-state index in [1.54, 1.807) is 18.6 Å². The summed E-state index contributed by atoms with van der Waals surface area (Å²) in [5.74, 6) is 2.25. The van der Waals surface area contributed by atoms with E-state index in [9.17, 15) is 0 Å². The Morgan fingerprint density at radius 2 is 2.10 bits per heavy atom. The Bertz CT molecular complexity index is 564. The van der Waals surface area contributed by atoms with Crippen molar-refractivity contribution in [3.8, 4) is 5.75 Å². The van der Waals surface area contributed by atoms with Crippen molar-refractivity contribution < 1.29 is 4.74 Å². The molecule has 0 bridgehead atoms. The smallest absolute Gasteiger partial charge is 0.147 e. The van der Waals surface area contributed by atoms with Gasteiger partial charge in [0.1, 0.15) is 11.6 Å². The van der Waals surface area contributed by atoms with Crippen LogP contribution in [0, 0.1) is 5.92 Å². The number of nitrogens with zero attached hydrogens (tertiary/aromatic N) is 3. The number of anilines is 1. The van der Waals surface area contributed by atoms with Crippen molar-refractivity contribution in [3.63, 3.8) is 0 Å². The average Bonchev–Trinajstić information content (AvgIpc) is 2.95. The van der Waals surface area contributed by atoms with Crippen LogP contribution in [0.3, 0.4) is 0 Å². The number of rotatable bonds is 4. The van der Waals surface area contributed by atoms with Crippen LogP contribution in [0.25, 0.3) is 0 Å². The molecule has 3 rings (SSSR count). The van der Waals surface area contributed by atoms with Gasteiger partial charge in [0, 0.05) is 37.6 Å². The van der Waals surface area contributed by atoms with Crippen LogP contribution in [-0.4, -0.2) is 29.7 Å². The molecule has 4 nitrogen and oxygen atoms in total. The molecule has 1 fully saturated rings. The van der Waals surface area contributed by atoms with Gasteiger partial charge in [-0.2, -0.15) is 0 Å². The van der Waals surface area contributed by atoms with Gasteiger partial charge < -0.3 is 9.64 Å². The average molecular weight is 290 g/mol. The largest absolute Gasteiger partial charge is 0.493 e. The molecule has 0 saturated carbocycles. The van der Waals surface area contributed by atoms with Crippen LogP contribution in [0.15, 0.2) is 42.9 Å². The van der Waals surface area contributed by atoms with Gasteiger partial charge in [0.25, 0.3) is 0 Å². The number of pyridine rings is 2. The van der Waals surface area contributed by atoms with Crippen LogP contribution in [0.4, 0.5) is 5.82 Å². The molecule has 1 aliphatic heterocycles. The molecule has 5 heteroatoms. The van der Waals surface area contributed by atoms with E-state index in [4.69, 9.17) is 16.3 Å². The third-order valence-corrected chi connectivity index (χ3v) is 3.75. The molecule has 0 aromatic carbocycles. The van der Waals surface area contributed by atoms with Gasteiger partial charge in [0.05, 0.1) is 11.6 Å². The molecule has 20 heavy (non-hydrogen) atoms. The van der Waals surface area contributed by atoms with Crippen molar-refractivity contribution >= 4 is 17.4 Å². The van der Waals surface area contributed by atoms with Crippen molar-refractivity contribution in [3.05, 3.63) is 47.9 Å². The van der Waals surface area contributed by atoms with Crippen molar-refractivity contribution in [2.75, 3.05) is 24.6 Å². The van der Waals surface area contributed by atoms with Crippen molar-refractivity contribution in [2.24, 2.45) is 5.92 Å². The minimum absolute atomic E-state index is 0.501. The Labute approximate surface area is 123 Å². The van der Waals surface area contributed by atoms with E-state index in [0.29, 0.717) is 17.5 Å². The van der Waals surface area contributed by atoms with Crippen LogP contribution < -0.4 is 9.64 Å². The normalized spacial score (nSPS) is 18.2. The summed E-state index contributed by atoms with van der Waals surface area (Å²) in [7, 11) is 0. The van der Waals surface area contributed by atoms with Crippen LogP contribution in [0.1, 0.15) is 6.42 Å². The van der Waals surface area contributed by atoms with Gasteiger partial charge in [-0.3, -0.25) is 4.98 Å². The highest BCUT2D eigenvalue weighted by Crippen LogP contribution is 2.28. The topological polar surface area (TPSA) is 38.2 Å². The summed E-state index contributed by atoms with van der Waals surface area (Å²) < 4.78 is 5.78. The van der Waals surface area contributed by atoms with Crippen LogP contribution in [0.5, 0.6) is 5.75 Å². The Balaban J connectivity index is 1.56. The van der Waals surface area contributed by atoms with E-state index in [1.165, 1.54) is 0 Å². The molecular weight excluding hydrogens is 274 g/mol. The number of hydrogen-bond donors (Lipinski definition) is 0. The highest BCUT2D eigenvalue weighted by molar-refractivity contribution is 6.32. The first-order chi connectivity index (χ1) is 9.83. The molecule has 0 N–H and O–H groups in total. The van der Waals surface area contributed by atoms with Crippen LogP contribution >= 0.6 is 11.6 Å². The fourth-order valence-corrected chi connectivity index (χ4v) is 2.66. The van der Waals surface area contributed by atoms with E-state index in [1.807, 2.05) is 24.3 Å². The van der Waals surface area contributed by atoms with E-state index in [2.05, 4.69) is 14.9 Å². The van der Waals surface area contributed by atoms with Gasteiger partial charge in [0.2, 0.25) is 0 Å². The molecule has 1 unspecified atom stereocenters. The minimum Gasteiger partial charge on any atom is -0.493 e. The molecule has 0 spiro atoms. The van der Waals surface area contributed by atoms with Gasteiger partial charge in [-0.1, -0.05) is 11.6 Å². The maximum absolute atomic E-state index is 6.18. The fourth-order valence-electron chi connectivity index (χ4n) is 2.42. The Hall–Kier alpha value is -1.81. The number of aromatic nitrogens is 2. The molecule has 1 saturated heterocycles. The lowest BCUT2D eigenvalue weighted by molar-refractivity contribution is 0.261. The lowest BCUT2D eigenvalue weighted by Gasteiger charge is -2.18.